The first-order chi connectivity index (χ1) is 18.5. The van der Waals surface area contributed by atoms with Crippen LogP contribution in [0.5, 0.6) is 0 Å². The van der Waals surface area contributed by atoms with Gasteiger partial charge in [0.05, 0.1) is 4.90 Å². The van der Waals surface area contributed by atoms with Crippen molar-refractivity contribution >= 4 is 16.1 Å². The van der Waals surface area contributed by atoms with Crippen molar-refractivity contribution in [3.8, 4) is 0 Å². The number of ether oxygens (including phenoxy) is 5. The maximum Gasteiger partial charge on any atom is 0.421 e. The third-order valence-corrected chi connectivity index (χ3v) is 8.46. The summed E-state index contributed by atoms with van der Waals surface area (Å²) in [7, 11) is -4.07. The van der Waals surface area contributed by atoms with Crippen molar-refractivity contribution in [1.82, 2.24) is 4.72 Å². The quantitative estimate of drug-likeness (QED) is 0.242. The van der Waals surface area contributed by atoms with Crippen molar-refractivity contribution in [3.63, 3.8) is 0 Å². The molecule has 0 aliphatic carbocycles. The molecule has 2 aliphatic heterocycles. The SMILES string of the molecule is CCCCCCCCCCCCO[C@H]1O[C@H]([C@@H](C)OC(=O)NS(=O)(=O)c2ccc(C)cc2)[C@@H]2OC(C)(C)O[C@H]12. The number of sulfonamides is 1. The molecule has 1 amide bonds. The van der Waals surface area contributed by atoms with Crippen LogP contribution in [0.3, 0.4) is 0 Å². The summed E-state index contributed by atoms with van der Waals surface area (Å²) in [4.78, 5) is 12.5. The van der Waals surface area contributed by atoms with Crippen LogP contribution >= 0.6 is 0 Å². The van der Waals surface area contributed by atoms with E-state index in [-0.39, 0.29) is 4.90 Å². The first kappa shape index (κ1) is 31.8. The molecule has 1 aromatic carbocycles. The molecule has 3 rings (SSSR count). The minimum Gasteiger partial charge on any atom is -0.443 e. The Morgan fingerprint density at radius 1 is 0.949 bits per heavy atom. The van der Waals surface area contributed by atoms with Crippen LogP contribution in [-0.2, 0) is 33.7 Å². The zero-order valence-electron chi connectivity index (χ0n) is 24.1. The second-order valence-corrected chi connectivity index (χ2v) is 12.8. The summed E-state index contributed by atoms with van der Waals surface area (Å²) in [5.74, 6) is -0.840. The summed E-state index contributed by atoms with van der Waals surface area (Å²) in [6.07, 6.45) is 8.14. The fourth-order valence-electron chi connectivity index (χ4n) is 5.04. The normalized spacial score (nSPS) is 24.8. The van der Waals surface area contributed by atoms with Crippen LogP contribution in [0.25, 0.3) is 0 Å². The fraction of sp³-hybridized carbons (Fsp3) is 0.759. The van der Waals surface area contributed by atoms with E-state index in [0.29, 0.717) is 6.61 Å². The number of carbonyl (C=O) groups excluding carboxylic acids is 1. The third-order valence-electron chi connectivity index (χ3n) is 7.13. The van der Waals surface area contributed by atoms with E-state index in [1.54, 1.807) is 19.1 Å². The van der Waals surface area contributed by atoms with Gasteiger partial charge < -0.3 is 23.7 Å². The van der Waals surface area contributed by atoms with Gasteiger partial charge in [-0.05, 0) is 46.2 Å². The molecule has 9 nitrogen and oxygen atoms in total. The molecule has 0 saturated carbocycles. The highest BCUT2D eigenvalue weighted by Gasteiger charge is 2.57. The van der Waals surface area contributed by atoms with Gasteiger partial charge in [0.25, 0.3) is 10.0 Å². The summed E-state index contributed by atoms with van der Waals surface area (Å²) in [5.41, 5.74) is 0.907. The van der Waals surface area contributed by atoms with Crippen LogP contribution in [0, 0.1) is 6.92 Å². The van der Waals surface area contributed by atoms with Gasteiger partial charge in [0, 0.05) is 6.61 Å². The smallest absolute Gasteiger partial charge is 0.421 e. The Labute approximate surface area is 234 Å². The Morgan fingerprint density at radius 3 is 2.13 bits per heavy atom. The van der Waals surface area contributed by atoms with Crippen LogP contribution in [0.2, 0.25) is 0 Å². The number of unbranched alkanes of at least 4 members (excludes halogenated alkanes) is 9. The molecule has 2 aliphatic rings. The number of amides is 1. The van der Waals surface area contributed by atoms with Gasteiger partial charge in [-0.3, -0.25) is 0 Å². The van der Waals surface area contributed by atoms with Gasteiger partial charge >= 0.3 is 6.09 Å². The van der Waals surface area contributed by atoms with E-state index in [4.69, 9.17) is 23.7 Å². The van der Waals surface area contributed by atoms with Crippen LogP contribution in [0.15, 0.2) is 29.2 Å². The Balaban J connectivity index is 1.44. The number of rotatable bonds is 16. The molecule has 0 bridgehead atoms. The molecule has 10 heteroatoms. The molecule has 1 N–H and O–H groups in total. The van der Waals surface area contributed by atoms with Crippen LogP contribution in [-0.4, -0.2) is 57.6 Å². The minimum atomic E-state index is -4.07. The summed E-state index contributed by atoms with van der Waals surface area (Å²) in [6, 6.07) is 6.18. The maximum absolute atomic E-state index is 12.6. The van der Waals surface area contributed by atoms with Crippen molar-refractivity contribution in [1.29, 1.82) is 0 Å². The lowest BCUT2D eigenvalue weighted by molar-refractivity contribution is -0.241. The predicted octanol–water partition coefficient (Wildman–Crippen LogP) is 5.98. The number of hydrogen-bond acceptors (Lipinski definition) is 8. The summed E-state index contributed by atoms with van der Waals surface area (Å²) in [6.45, 7) is 9.88. The van der Waals surface area contributed by atoms with Crippen LogP contribution in [0.1, 0.15) is 97.5 Å². The molecule has 0 spiro atoms. The molecular formula is C29H47NO8S. The average molecular weight is 570 g/mol. The van der Waals surface area contributed by atoms with Gasteiger partial charge in [-0.25, -0.2) is 17.9 Å². The Morgan fingerprint density at radius 2 is 1.51 bits per heavy atom. The van der Waals surface area contributed by atoms with Crippen LogP contribution in [0.4, 0.5) is 4.79 Å². The van der Waals surface area contributed by atoms with E-state index in [1.807, 2.05) is 25.5 Å². The zero-order valence-corrected chi connectivity index (χ0v) is 25.0. The number of fused-ring (bicyclic) bond motifs is 1. The van der Waals surface area contributed by atoms with E-state index in [9.17, 15) is 13.2 Å². The standard InChI is InChI=1S/C29H47NO8S/c1-6-7-8-9-10-11-12-13-14-15-20-34-27-26-25(37-29(4,5)38-26)24(36-27)22(3)35-28(31)30-39(32,33)23-18-16-21(2)17-19-23/h16-19,22,24-27H,6-15,20H2,1-5H3,(H,30,31)/t22-,24-,25+,26+,27+/m1/s1. The van der Waals surface area contributed by atoms with Crippen molar-refractivity contribution in [3.05, 3.63) is 29.8 Å². The second kappa shape index (κ2) is 14.8. The largest absolute Gasteiger partial charge is 0.443 e. The summed E-state index contributed by atoms with van der Waals surface area (Å²) >= 11 is 0. The van der Waals surface area contributed by atoms with Gasteiger partial charge in [0.2, 0.25) is 0 Å². The first-order valence-electron chi connectivity index (χ1n) is 14.5. The van der Waals surface area contributed by atoms with Crippen LogP contribution < -0.4 is 4.72 Å². The number of carbonyl (C=O) groups is 1. The van der Waals surface area contributed by atoms with Crippen molar-refractivity contribution in [2.24, 2.45) is 0 Å². The van der Waals surface area contributed by atoms with Gasteiger partial charge in [0.1, 0.15) is 24.4 Å². The predicted molar refractivity (Wildman–Crippen MR) is 148 cm³/mol. The Hall–Kier alpha value is -1.72. The molecular weight excluding hydrogens is 522 g/mol. The molecule has 0 unspecified atom stereocenters. The third kappa shape index (κ3) is 9.70. The number of benzene rings is 1. The zero-order chi connectivity index (χ0) is 28.5. The molecule has 39 heavy (non-hydrogen) atoms. The molecule has 5 atom stereocenters. The highest BCUT2D eigenvalue weighted by atomic mass is 32.2. The highest BCUT2D eigenvalue weighted by Crippen LogP contribution is 2.40. The molecule has 0 aromatic heterocycles. The van der Waals surface area contributed by atoms with Gasteiger partial charge in [0.15, 0.2) is 12.1 Å². The average Bonchev–Trinajstić information content (AvgIpc) is 3.35. The Bertz CT molecular complexity index is 997. The monoisotopic (exact) mass is 569 g/mol. The second-order valence-electron chi connectivity index (χ2n) is 11.1. The lowest BCUT2D eigenvalue weighted by atomic mass is 10.1. The van der Waals surface area contributed by atoms with Crippen molar-refractivity contribution in [2.45, 2.75) is 140 Å². The van der Waals surface area contributed by atoms with E-state index in [1.165, 1.54) is 63.5 Å². The number of nitrogens with one attached hydrogen (secondary N) is 1. The van der Waals surface area contributed by atoms with Crippen molar-refractivity contribution < 1.29 is 36.9 Å². The minimum absolute atomic E-state index is 0.0235. The van der Waals surface area contributed by atoms with Crippen molar-refractivity contribution in [2.75, 3.05) is 6.61 Å². The number of aryl methyl sites for hydroxylation is 1. The molecule has 0 radical (unpaired) electrons. The van der Waals surface area contributed by atoms with Gasteiger partial charge in [-0.1, -0.05) is 82.4 Å². The lowest BCUT2D eigenvalue weighted by Crippen LogP contribution is -2.42. The van der Waals surface area contributed by atoms with E-state index >= 15 is 0 Å². The van der Waals surface area contributed by atoms with E-state index < -0.39 is 52.6 Å². The molecule has 222 valence electrons. The first-order valence-corrected chi connectivity index (χ1v) is 15.9. The highest BCUT2D eigenvalue weighted by molar-refractivity contribution is 7.90. The lowest BCUT2D eigenvalue weighted by Gasteiger charge is -2.27. The van der Waals surface area contributed by atoms with E-state index in [2.05, 4.69) is 6.92 Å². The summed E-state index contributed by atoms with van der Waals surface area (Å²) < 4.78 is 56.7. The Kier molecular flexibility index (Phi) is 12.1. The van der Waals surface area contributed by atoms with Gasteiger partial charge in [-0.2, -0.15) is 0 Å². The molecule has 2 fully saturated rings. The molecule has 2 heterocycles. The molecule has 2 saturated heterocycles. The van der Waals surface area contributed by atoms with Gasteiger partial charge in [-0.15, -0.1) is 0 Å². The number of hydrogen-bond donors (Lipinski definition) is 1. The fourth-order valence-corrected chi connectivity index (χ4v) is 5.92. The maximum atomic E-state index is 12.6. The topological polar surface area (TPSA) is 109 Å². The summed E-state index contributed by atoms with van der Waals surface area (Å²) in [5, 5.41) is 0. The molecule has 1 aromatic rings. The van der Waals surface area contributed by atoms with E-state index in [0.717, 1.165) is 18.4 Å².